The van der Waals surface area contributed by atoms with Crippen LogP contribution in [-0.4, -0.2) is 22.0 Å². The molecule has 1 amide bonds. The monoisotopic (exact) mass is 362 g/mol. The molecule has 7 heteroatoms. The number of unbranched alkanes of at least 4 members (excludes halogenated alkanes) is 1. The van der Waals surface area contributed by atoms with Crippen molar-refractivity contribution in [2.45, 2.75) is 59.4 Å². The summed E-state index contributed by atoms with van der Waals surface area (Å²) in [5.74, 6) is 0.299. The smallest absolute Gasteiger partial charge is 0.330 e. The number of allylic oxidation sites excluding steroid dienone is 2. The Hall–Kier alpha value is -2.31. The van der Waals surface area contributed by atoms with E-state index in [1.54, 1.807) is 0 Å². The van der Waals surface area contributed by atoms with Crippen LogP contribution in [0.4, 0.5) is 11.5 Å². The van der Waals surface area contributed by atoms with Gasteiger partial charge in [0.25, 0.3) is 5.56 Å². The molecular weight excluding hydrogens is 332 g/mol. The Morgan fingerprint density at radius 3 is 2.73 bits per heavy atom. The van der Waals surface area contributed by atoms with Crippen LogP contribution in [-0.2, 0) is 11.3 Å². The van der Waals surface area contributed by atoms with Crippen molar-refractivity contribution in [1.82, 2.24) is 9.55 Å². The van der Waals surface area contributed by atoms with Gasteiger partial charge < -0.3 is 10.6 Å². The SMILES string of the molecule is CCCCn1c(N)c(N(CC(C)C)C(=O)C[C@H]2C=CCC2)c(=O)[nH]c1=O. The summed E-state index contributed by atoms with van der Waals surface area (Å²) in [6.45, 7) is 6.77. The van der Waals surface area contributed by atoms with Gasteiger partial charge in [0.05, 0.1) is 0 Å². The quantitative estimate of drug-likeness (QED) is 0.693. The van der Waals surface area contributed by atoms with Crippen molar-refractivity contribution in [1.29, 1.82) is 0 Å². The fourth-order valence-electron chi connectivity index (χ4n) is 3.26. The number of aromatic amines is 1. The van der Waals surface area contributed by atoms with Crippen LogP contribution in [0.5, 0.6) is 0 Å². The van der Waals surface area contributed by atoms with E-state index in [9.17, 15) is 14.4 Å². The van der Waals surface area contributed by atoms with Gasteiger partial charge in [-0.05, 0) is 31.1 Å². The summed E-state index contributed by atoms with van der Waals surface area (Å²) in [7, 11) is 0. The number of anilines is 2. The van der Waals surface area contributed by atoms with Crippen molar-refractivity contribution in [3.05, 3.63) is 33.0 Å². The third kappa shape index (κ3) is 4.65. The maximum absolute atomic E-state index is 12.9. The topological polar surface area (TPSA) is 101 Å². The minimum atomic E-state index is -0.601. The van der Waals surface area contributed by atoms with Crippen molar-refractivity contribution in [2.75, 3.05) is 17.2 Å². The molecule has 1 heterocycles. The fraction of sp³-hybridized carbons (Fsp3) is 0.632. The standard InChI is InChI=1S/C19H30N4O3/c1-4-5-10-22-17(20)16(18(25)21-19(22)26)23(12-13(2)3)15(24)11-14-8-6-7-9-14/h6,8,13-14H,4-5,7,9-12,20H2,1-3H3,(H,21,25,26)/t14-/m0/s1. The molecule has 26 heavy (non-hydrogen) atoms. The Kier molecular flexibility index (Phi) is 6.83. The minimum absolute atomic E-state index is 0.0724. The number of nitrogens with one attached hydrogen (secondary N) is 1. The molecule has 0 saturated heterocycles. The van der Waals surface area contributed by atoms with Crippen LogP contribution in [0.15, 0.2) is 21.7 Å². The van der Waals surface area contributed by atoms with Crippen LogP contribution in [0.3, 0.4) is 0 Å². The number of nitrogen functional groups attached to an aromatic ring is 1. The second-order valence-electron chi connectivity index (χ2n) is 7.37. The molecule has 0 fully saturated rings. The summed E-state index contributed by atoms with van der Waals surface area (Å²) in [6, 6.07) is 0. The van der Waals surface area contributed by atoms with Crippen molar-refractivity contribution in [3.8, 4) is 0 Å². The number of nitrogens with two attached hydrogens (primary N) is 1. The normalized spacial score (nSPS) is 16.4. The van der Waals surface area contributed by atoms with Gasteiger partial charge in [-0.25, -0.2) is 4.79 Å². The zero-order valence-electron chi connectivity index (χ0n) is 16.0. The van der Waals surface area contributed by atoms with E-state index in [0.717, 1.165) is 25.7 Å². The summed E-state index contributed by atoms with van der Waals surface area (Å²) < 4.78 is 1.36. The van der Waals surface area contributed by atoms with E-state index in [-0.39, 0.29) is 29.2 Å². The largest absolute Gasteiger partial charge is 0.383 e. The Bertz CT molecular complexity index is 776. The molecule has 0 radical (unpaired) electrons. The van der Waals surface area contributed by atoms with E-state index in [2.05, 4.69) is 17.1 Å². The van der Waals surface area contributed by atoms with E-state index in [4.69, 9.17) is 5.73 Å². The lowest BCUT2D eigenvalue weighted by atomic mass is 10.0. The van der Waals surface area contributed by atoms with Gasteiger partial charge in [-0.2, -0.15) is 0 Å². The molecule has 0 bridgehead atoms. The number of aromatic nitrogens is 2. The molecule has 3 N–H and O–H groups in total. The zero-order valence-corrected chi connectivity index (χ0v) is 16.0. The van der Waals surface area contributed by atoms with Crippen molar-refractivity contribution < 1.29 is 4.79 Å². The predicted molar refractivity (Wildman–Crippen MR) is 104 cm³/mol. The summed E-state index contributed by atoms with van der Waals surface area (Å²) in [6.07, 6.45) is 8.06. The molecule has 2 rings (SSSR count). The van der Waals surface area contributed by atoms with Crippen LogP contribution >= 0.6 is 0 Å². The third-order valence-electron chi connectivity index (χ3n) is 4.62. The molecule has 1 aromatic rings. The Labute approximate surface area is 153 Å². The van der Waals surface area contributed by atoms with Gasteiger partial charge in [-0.15, -0.1) is 0 Å². The van der Waals surface area contributed by atoms with Crippen molar-refractivity contribution in [2.24, 2.45) is 11.8 Å². The molecule has 0 aliphatic heterocycles. The van der Waals surface area contributed by atoms with Crippen LogP contribution in [0.1, 0.15) is 52.9 Å². The van der Waals surface area contributed by atoms with Crippen LogP contribution in [0.2, 0.25) is 0 Å². The highest BCUT2D eigenvalue weighted by molar-refractivity contribution is 5.95. The van der Waals surface area contributed by atoms with Gasteiger partial charge in [0.15, 0.2) is 5.69 Å². The molecule has 0 saturated carbocycles. The Balaban J connectivity index is 2.43. The molecule has 1 aromatic heterocycles. The average molecular weight is 362 g/mol. The lowest BCUT2D eigenvalue weighted by molar-refractivity contribution is -0.119. The first kappa shape index (κ1) is 20.0. The molecule has 144 valence electrons. The number of hydrogen-bond donors (Lipinski definition) is 2. The lowest BCUT2D eigenvalue weighted by Gasteiger charge is -2.27. The van der Waals surface area contributed by atoms with Gasteiger partial charge in [0.1, 0.15) is 5.82 Å². The van der Waals surface area contributed by atoms with E-state index < -0.39 is 11.2 Å². The molecule has 1 aliphatic rings. The number of carbonyl (C=O) groups excluding carboxylic acids is 1. The zero-order chi connectivity index (χ0) is 19.3. The maximum Gasteiger partial charge on any atom is 0.330 e. The second kappa shape index (κ2) is 8.87. The second-order valence-corrected chi connectivity index (χ2v) is 7.37. The number of rotatable bonds is 8. The highest BCUT2D eigenvalue weighted by Gasteiger charge is 2.26. The molecule has 7 nitrogen and oxygen atoms in total. The van der Waals surface area contributed by atoms with Crippen LogP contribution in [0, 0.1) is 11.8 Å². The lowest BCUT2D eigenvalue weighted by Crippen LogP contribution is -2.43. The number of H-pyrrole nitrogens is 1. The first-order chi connectivity index (χ1) is 12.3. The Morgan fingerprint density at radius 1 is 1.42 bits per heavy atom. The summed E-state index contributed by atoms with van der Waals surface area (Å²) in [4.78, 5) is 41.4. The van der Waals surface area contributed by atoms with Crippen LogP contribution < -0.4 is 21.9 Å². The molecule has 1 aliphatic carbocycles. The van der Waals surface area contributed by atoms with E-state index in [0.29, 0.717) is 19.5 Å². The van der Waals surface area contributed by atoms with Gasteiger partial charge in [-0.1, -0.05) is 39.3 Å². The summed E-state index contributed by atoms with van der Waals surface area (Å²) >= 11 is 0. The highest BCUT2D eigenvalue weighted by Crippen LogP contribution is 2.25. The number of amides is 1. The average Bonchev–Trinajstić information content (AvgIpc) is 3.06. The van der Waals surface area contributed by atoms with Crippen LogP contribution in [0.25, 0.3) is 0 Å². The molecule has 0 unspecified atom stereocenters. The van der Waals surface area contributed by atoms with Crippen molar-refractivity contribution >= 4 is 17.4 Å². The highest BCUT2D eigenvalue weighted by atomic mass is 16.2. The number of carbonyl (C=O) groups is 1. The first-order valence-corrected chi connectivity index (χ1v) is 9.44. The van der Waals surface area contributed by atoms with E-state index in [1.165, 1.54) is 9.47 Å². The van der Waals surface area contributed by atoms with E-state index >= 15 is 0 Å². The van der Waals surface area contributed by atoms with Gasteiger partial charge in [0, 0.05) is 19.5 Å². The Morgan fingerprint density at radius 2 is 2.15 bits per heavy atom. The number of nitrogens with zero attached hydrogens (tertiary/aromatic N) is 2. The predicted octanol–water partition coefficient (Wildman–Crippen LogP) is 2.26. The van der Waals surface area contributed by atoms with E-state index in [1.807, 2.05) is 20.8 Å². The summed E-state index contributed by atoms with van der Waals surface area (Å²) in [5, 5.41) is 0. The van der Waals surface area contributed by atoms with Gasteiger partial charge in [-0.3, -0.25) is 19.1 Å². The number of hydrogen-bond acceptors (Lipinski definition) is 4. The summed E-state index contributed by atoms with van der Waals surface area (Å²) in [5.41, 5.74) is 5.15. The molecule has 0 spiro atoms. The van der Waals surface area contributed by atoms with Gasteiger partial charge in [0.2, 0.25) is 5.91 Å². The maximum atomic E-state index is 12.9. The fourth-order valence-corrected chi connectivity index (χ4v) is 3.26. The van der Waals surface area contributed by atoms with Crippen molar-refractivity contribution in [3.63, 3.8) is 0 Å². The molecular formula is C19H30N4O3. The third-order valence-corrected chi connectivity index (χ3v) is 4.62. The first-order valence-electron chi connectivity index (χ1n) is 9.44. The molecule has 1 atom stereocenters. The molecule has 0 aromatic carbocycles. The minimum Gasteiger partial charge on any atom is -0.383 e. The van der Waals surface area contributed by atoms with Gasteiger partial charge >= 0.3 is 5.69 Å².